The lowest BCUT2D eigenvalue weighted by Crippen LogP contribution is -2.36. The van der Waals surface area contributed by atoms with Crippen LogP contribution in [0.2, 0.25) is 0 Å². The van der Waals surface area contributed by atoms with Gasteiger partial charge in [0, 0.05) is 24.6 Å². The molecule has 8 nitrogen and oxygen atoms in total. The van der Waals surface area contributed by atoms with Crippen LogP contribution in [0.1, 0.15) is 16.7 Å². The van der Waals surface area contributed by atoms with E-state index in [1.165, 1.54) is 29.8 Å². The van der Waals surface area contributed by atoms with Crippen LogP contribution in [0.15, 0.2) is 36.4 Å². The van der Waals surface area contributed by atoms with E-state index in [-0.39, 0.29) is 35.5 Å². The summed E-state index contributed by atoms with van der Waals surface area (Å²) in [6.45, 7) is 3.84. The summed E-state index contributed by atoms with van der Waals surface area (Å²) in [5, 5.41) is 13.9. The summed E-state index contributed by atoms with van der Waals surface area (Å²) in [6.07, 6.45) is 0. The van der Waals surface area contributed by atoms with E-state index < -0.39 is 4.92 Å². The number of amides is 2. The highest BCUT2D eigenvalue weighted by Gasteiger charge is 2.17. The van der Waals surface area contributed by atoms with E-state index >= 15 is 0 Å². The summed E-state index contributed by atoms with van der Waals surface area (Å²) in [4.78, 5) is 36.5. The number of thioether (sulfide) groups is 1. The molecule has 0 aliphatic rings. The molecule has 0 bridgehead atoms. The molecule has 9 heteroatoms. The monoisotopic (exact) mass is 431 g/mol. The highest BCUT2D eigenvalue weighted by molar-refractivity contribution is 7.99. The fraction of sp³-hybridized carbons (Fsp3) is 0.333. The van der Waals surface area contributed by atoms with Gasteiger partial charge in [0.05, 0.1) is 24.3 Å². The summed E-state index contributed by atoms with van der Waals surface area (Å²) in [5.41, 5.74) is 3.41. The molecule has 0 heterocycles. The number of methoxy groups -OCH3 is 1. The van der Waals surface area contributed by atoms with Gasteiger partial charge >= 0.3 is 5.69 Å². The Bertz CT molecular complexity index is 948. The first-order valence-electron chi connectivity index (χ1n) is 9.22. The minimum Gasteiger partial charge on any atom is -0.490 e. The summed E-state index contributed by atoms with van der Waals surface area (Å²) in [6, 6.07) is 10.4. The molecule has 0 saturated heterocycles. The van der Waals surface area contributed by atoms with Gasteiger partial charge in [-0.1, -0.05) is 18.2 Å². The van der Waals surface area contributed by atoms with Crippen LogP contribution in [-0.2, 0) is 15.3 Å². The molecule has 2 rings (SSSR count). The van der Waals surface area contributed by atoms with Gasteiger partial charge in [0.2, 0.25) is 11.8 Å². The van der Waals surface area contributed by atoms with Crippen molar-refractivity contribution in [2.45, 2.75) is 19.6 Å². The third-order valence-corrected chi connectivity index (χ3v) is 5.61. The molecule has 0 aliphatic heterocycles. The number of carbonyl (C=O) groups excluding carboxylic acids is 2. The van der Waals surface area contributed by atoms with Crippen molar-refractivity contribution in [3.63, 3.8) is 0 Å². The topological polar surface area (TPSA) is 102 Å². The van der Waals surface area contributed by atoms with E-state index in [1.807, 2.05) is 32.0 Å². The Morgan fingerprint density at radius 1 is 1.23 bits per heavy atom. The standard InChI is InChI=1S/C21H25N3O5S/c1-14-6-5-7-17(15(14)2)22-20(25)11-23(3)21(26)13-30-12-16-8-9-19(29-4)18(10-16)24(27)28/h5-10H,11-13H2,1-4H3,(H,22,25). The van der Waals surface area contributed by atoms with Gasteiger partial charge < -0.3 is 15.0 Å². The summed E-state index contributed by atoms with van der Waals surface area (Å²) >= 11 is 1.33. The van der Waals surface area contributed by atoms with Crippen molar-refractivity contribution in [3.8, 4) is 5.75 Å². The number of nitro groups is 1. The predicted octanol–water partition coefficient (Wildman–Crippen LogP) is 3.55. The third kappa shape index (κ3) is 6.21. The van der Waals surface area contributed by atoms with Crippen LogP contribution in [0.5, 0.6) is 5.75 Å². The Morgan fingerprint density at radius 2 is 1.97 bits per heavy atom. The van der Waals surface area contributed by atoms with Crippen molar-refractivity contribution in [3.05, 3.63) is 63.2 Å². The highest BCUT2D eigenvalue weighted by Crippen LogP contribution is 2.29. The molecule has 0 spiro atoms. The van der Waals surface area contributed by atoms with E-state index in [1.54, 1.807) is 19.2 Å². The first kappa shape index (κ1) is 23.2. The van der Waals surface area contributed by atoms with Crippen LogP contribution in [0, 0.1) is 24.0 Å². The second kappa shape index (κ2) is 10.6. The van der Waals surface area contributed by atoms with Crippen LogP contribution in [-0.4, -0.2) is 48.1 Å². The second-order valence-electron chi connectivity index (χ2n) is 6.80. The molecule has 2 amide bonds. The Morgan fingerprint density at radius 3 is 2.63 bits per heavy atom. The Labute approximate surface area is 179 Å². The number of likely N-dealkylation sites (N-methyl/N-ethyl adjacent to an activating group) is 1. The number of benzene rings is 2. The van der Waals surface area contributed by atoms with Gasteiger partial charge in [0.1, 0.15) is 0 Å². The minimum atomic E-state index is -0.500. The van der Waals surface area contributed by atoms with Gasteiger partial charge in [-0.25, -0.2) is 0 Å². The molecule has 30 heavy (non-hydrogen) atoms. The lowest BCUT2D eigenvalue weighted by Gasteiger charge is -2.17. The van der Waals surface area contributed by atoms with E-state index in [4.69, 9.17) is 4.74 Å². The fourth-order valence-electron chi connectivity index (χ4n) is 2.71. The Balaban J connectivity index is 1.84. The number of anilines is 1. The van der Waals surface area contributed by atoms with Gasteiger partial charge in [-0.3, -0.25) is 19.7 Å². The molecule has 0 radical (unpaired) electrons. The number of nitrogens with zero attached hydrogens (tertiary/aromatic N) is 2. The molecular weight excluding hydrogens is 406 g/mol. The maximum Gasteiger partial charge on any atom is 0.311 e. The number of hydrogen-bond donors (Lipinski definition) is 1. The number of carbonyl (C=O) groups is 2. The van der Waals surface area contributed by atoms with Gasteiger partial charge in [-0.15, -0.1) is 11.8 Å². The van der Waals surface area contributed by atoms with E-state index in [0.717, 1.165) is 22.4 Å². The van der Waals surface area contributed by atoms with Crippen molar-refractivity contribution >= 4 is 35.0 Å². The zero-order valence-corrected chi connectivity index (χ0v) is 18.2. The summed E-state index contributed by atoms with van der Waals surface area (Å²) in [5.74, 6) is 0.320. The van der Waals surface area contributed by atoms with Gasteiger partial charge in [0.15, 0.2) is 5.75 Å². The molecule has 0 fully saturated rings. The normalized spacial score (nSPS) is 10.4. The van der Waals surface area contributed by atoms with Crippen LogP contribution in [0.25, 0.3) is 0 Å². The predicted molar refractivity (Wildman–Crippen MR) is 118 cm³/mol. The molecule has 2 aromatic carbocycles. The number of rotatable bonds is 9. The zero-order chi connectivity index (χ0) is 22.3. The van der Waals surface area contributed by atoms with Crippen molar-refractivity contribution in [1.82, 2.24) is 4.90 Å². The number of aryl methyl sites for hydroxylation is 1. The smallest absolute Gasteiger partial charge is 0.311 e. The molecule has 160 valence electrons. The highest BCUT2D eigenvalue weighted by atomic mass is 32.2. The maximum absolute atomic E-state index is 12.3. The number of hydrogen-bond acceptors (Lipinski definition) is 6. The molecule has 2 aromatic rings. The zero-order valence-electron chi connectivity index (χ0n) is 17.4. The van der Waals surface area contributed by atoms with Gasteiger partial charge in [-0.2, -0.15) is 0 Å². The van der Waals surface area contributed by atoms with Crippen LogP contribution in [0.4, 0.5) is 11.4 Å². The lowest BCUT2D eigenvalue weighted by molar-refractivity contribution is -0.385. The molecular formula is C21H25N3O5S. The first-order chi connectivity index (χ1) is 14.2. The maximum atomic E-state index is 12.3. The molecule has 1 N–H and O–H groups in total. The molecule has 0 atom stereocenters. The van der Waals surface area contributed by atoms with Crippen molar-refractivity contribution < 1.29 is 19.2 Å². The van der Waals surface area contributed by atoms with Crippen LogP contribution >= 0.6 is 11.8 Å². The fourth-order valence-corrected chi connectivity index (χ4v) is 3.63. The quantitative estimate of drug-likeness (QED) is 0.481. The second-order valence-corrected chi connectivity index (χ2v) is 7.79. The largest absolute Gasteiger partial charge is 0.490 e. The first-order valence-corrected chi connectivity index (χ1v) is 10.4. The van der Waals surface area contributed by atoms with Crippen molar-refractivity contribution in [2.75, 3.05) is 31.8 Å². The van der Waals surface area contributed by atoms with Crippen LogP contribution < -0.4 is 10.1 Å². The lowest BCUT2D eigenvalue weighted by atomic mass is 10.1. The SMILES string of the molecule is COc1ccc(CSCC(=O)N(C)CC(=O)Nc2cccc(C)c2C)cc1[N+](=O)[O-]. The molecule has 0 saturated carbocycles. The van der Waals surface area contributed by atoms with E-state index in [0.29, 0.717) is 5.75 Å². The number of nitrogens with one attached hydrogen (secondary N) is 1. The average molecular weight is 432 g/mol. The summed E-state index contributed by atoms with van der Waals surface area (Å²) < 4.78 is 4.98. The molecule has 0 aromatic heterocycles. The Kier molecular flexibility index (Phi) is 8.23. The minimum absolute atomic E-state index is 0.0548. The van der Waals surface area contributed by atoms with Crippen molar-refractivity contribution in [2.24, 2.45) is 0 Å². The van der Waals surface area contributed by atoms with E-state index in [2.05, 4.69) is 5.32 Å². The van der Waals surface area contributed by atoms with Crippen molar-refractivity contribution in [1.29, 1.82) is 0 Å². The third-order valence-electron chi connectivity index (χ3n) is 4.62. The summed E-state index contributed by atoms with van der Waals surface area (Å²) in [7, 11) is 2.95. The van der Waals surface area contributed by atoms with Gasteiger partial charge in [0.25, 0.3) is 0 Å². The number of ether oxygens (including phenoxy) is 1. The number of nitro benzene ring substituents is 1. The van der Waals surface area contributed by atoms with E-state index in [9.17, 15) is 19.7 Å². The Hall–Kier alpha value is -3.07. The molecule has 0 unspecified atom stereocenters. The van der Waals surface area contributed by atoms with Gasteiger partial charge in [-0.05, 0) is 42.7 Å². The van der Waals surface area contributed by atoms with Crippen LogP contribution in [0.3, 0.4) is 0 Å². The molecule has 0 aliphatic carbocycles. The average Bonchev–Trinajstić information content (AvgIpc) is 2.71.